The predicted molar refractivity (Wildman–Crippen MR) is 98.4 cm³/mol. The Balaban J connectivity index is 1.79. The van der Waals surface area contributed by atoms with Crippen LogP contribution in [0.4, 0.5) is 0 Å². The second-order valence-corrected chi connectivity index (χ2v) is 8.41. The van der Waals surface area contributed by atoms with Gasteiger partial charge in [0.1, 0.15) is 4.90 Å². The molecule has 2 aromatic rings. The Kier molecular flexibility index (Phi) is 5.15. The lowest BCUT2D eigenvalue weighted by Gasteiger charge is -2.22. The van der Waals surface area contributed by atoms with E-state index in [0.29, 0.717) is 43.0 Å². The molecule has 7 nitrogen and oxygen atoms in total. The molecule has 0 unspecified atom stereocenters. The molecule has 1 aliphatic heterocycles. The molecule has 8 heteroatoms. The number of carbonyl (C=O) groups is 1. The van der Waals surface area contributed by atoms with E-state index < -0.39 is 10.0 Å². The van der Waals surface area contributed by atoms with E-state index in [1.54, 1.807) is 42.6 Å². The molecule has 2 heterocycles. The normalized spacial score (nSPS) is 16.5. The number of hydrogen-bond donors (Lipinski definition) is 0. The number of rotatable bonds is 3. The fourth-order valence-corrected chi connectivity index (χ4v) is 5.23. The first-order chi connectivity index (χ1) is 12.3. The van der Waals surface area contributed by atoms with Gasteiger partial charge in [-0.1, -0.05) is 18.2 Å². The summed E-state index contributed by atoms with van der Waals surface area (Å²) in [5, 5.41) is 4.22. The zero-order valence-electron chi connectivity index (χ0n) is 15.3. The molecule has 1 fully saturated rings. The Labute approximate surface area is 154 Å². The Morgan fingerprint density at radius 2 is 1.73 bits per heavy atom. The number of benzene rings is 1. The van der Waals surface area contributed by atoms with Crippen molar-refractivity contribution in [2.24, 2.45) is 7.05 Å². The molecule has 0 radical (unpaired) electrons. The smallest absolute Gasteiger partial charge is 0.253 e. The van der Waals surface area contributed by atoms with Gasteiger partial charge in [0, 0.05) is 38.8 Å². The van der Waals surface area contributed by atoms with Crippen LogP contribution in [-0.2, 0) is 17.1 Å². The number of aromatic nitrogens is 2. The molecule has 0 saturated carbocycles. The Morgan fingerprint density at radius 3 is 2.35 bits per heavy atom. The van der Waals surface area contributed by atoms with Gasteiger partial charge >= 0.3 is 0 Å². The maximum absolute atomic E-state index is 13.1. The molecule has 0 aliphatic carbocycles. The number of aryl methyl sites for hydroxylation is 2. The fraction of sp³-hybridized carbons (Fsp3) is 0.444. The highest BCUT2D eigenvalue weighted by Gasteiger charge is 2.32. The third kappa shape index (κ3) is 3.39. The number of carbonyl (C=O) groups excluding carboxylic acids is 1. The van der Waals surface area contributed by atoms with Crippen LogP contribution in [0.5, 0.6) is 0 Å². The summed E-state index contributed by atoms with van der Waals surface area (Å²) < 4.78 is 29.3. The summed E-state index contributed by atoms with van der Waals surface area (Å²) in [4.78, 5) is 14.6. The van der Waals surface area contributed by atoms with E-state index in [9.17, 15) is 13.2 Å². The van der Waals surface area contributed by atoms with Crippen LogP contribution < -0.4 is 0 Å². The van der Waals surface area contributed by atoms with Gasteiger partial charge in [0.2, 0.25) is 10.0 Å². The number of sulfonamides is 1. The van der Waals surface area contributed by atoms with E-state index in [2.05, 4.69) is 5.10 Å². The SMILES string of the molecule is Cc1nn(C)c(C)c1S(=O)(=O)N1CCCN(C(=O)c2ccccc2)CC1. The summed E-state index contributed by atoms with van der Waals surface area (Å²) >= 11 is 0. The van der Waals surface area contributed by atoms with Crippen molar-refractivity contribution in [3.63, 3.8) is 0 Å². The van der Waals surface area contributed by atoms with Gasteiger partial charge in [-0.05, 0) is 32.4 Å². The highest BCUT2D eigenvalue weighted by molar-refractivity contribution is 7.89. The molecule has 0 bridgehead atoms. The van der Waals surface area contributed by atoms with Gasteiger partial charge in [-0.2, -0.15) is 9.40 Å². The van der Waals surface area contributed by atoms with Gasteiger partial charge < -0.3 is 4.90 Å². The van der Waals surface area contributed by atoms with Gasteiger partial charge in [-0.25, -0.2) is 8.42 Å². The molecule has 0 N–H and O–H groups in total. The van der Waals surface area contributed by atoms with Crippen LogP contribution in [-0.4, -0.2) is 59.5 Å². The van der Waals surface area contributed by atoms with Gasteiger partial charge in [-0.3, -0.25) is 9.48 Å². The van der Waals surface area contributed by atoms with E-state index in [4.69, 9.17) is 0 Å². The molecular weight excluding hydrogens is 352 g/mol. The largest absolute Gasteiger partial charge is 0.337 e. The van der Waals surface area contributed by atoms with Gasteiger partial charge in [0.05, 0.1) is 11.4 Å². The van der Waals surface area contributed by atoms with Crippen LogP contribution in [0.25, 0.3) is 0 Å². The average Bonchev–Trinajstić information content (AvgIpc) is 2.81. The molecule has 1 saturated heterocycles. The van der Waals surface area contributed by atoms with E-state index >= 15 is 0 Å². The molecule has 26 heavy (non-hydrogen) atoms. The monoisotopic (exact) mass is 376 g/mol. The molecular formula is C18H24N4O3S. The zero-order chi connectivity index (χ0) is 18.9. The number of amides is 1. The van der Waals surface area contributed by atoms with Crippen LogP contribution in [0.15, 0.2) is 35.2 Å². The molecule has 3 rings (SSSR count). The minimum absolute atomic E-state index is 0.0569. The van der Waals surface area contributed by atoms with E-state index in [1.807, 2.05) is 18.2 Å². The lowest BCUT2D eigenvalue weighted by molar-refractivity contribution is 0.0764. The topological polar surface area (TPSA) is 75.5 Å². The minimum Gasteiger partial charge on any atom is -0.337 e. The molecule has 1 aliphatic rings. The first kappa shape index (κ1) is 18.6. The Hall–Kier alpha value is -2.19. The van der Waals surface area contributed by atoms with Crippen molar-refractivity contribution in [2.45, 2.75) is 25.2 Å². The highest BCUT2D eigenvalue weighted by atomic mass is 32.2. The lowest BCUT2D eigenvalue weighted by Crippen LogP contribution is -2.37. The van der Waals surface area contributed by atoms with Crippen molar-refractivity contribution in [3.8, 4) is 0 Å². The summed E-state index contributed by atoms with van der Waals surface area (Å²) in [5.74, 6) is -0.0569. The molecule has 0 atom stereocenters. The van der Waals surface area contributed by atoms with E-state index in [1.165, 1.54) is 4.31 Å². The second-order valence-electron chi connectivity index (χ2n) is 6.54. The first-order valence-corrected chi connectivity index (χ1v) is 10.1. The highest BCUT2D eigenvalue weighted by Crippen LogP contribution is 2.24. The molecule has 1 aromatic heterocycles. The fourth-order valence-electron chi connectivity index (χ4n) is 3.36. The molecule has 0 spiro atoms. The van der Waals surface area contributed by atoms with Crippen molar-refractivity contribution in [3.05, 3.63) is 47.3 Å². The lowest BCUT2D eigenvalue weighted by atomic mass is 10.2. The van der Waals surface area contributed by atoms with Gasteiger partial charge in [0.15, 0.2) is 0 Å². The van der Waals surface area contributed by atoms with Crippen molar-refractivity contribution < 1.29 is 13.2 Å². The summed E-state index contributed by atoms with van der Waals surface area (Å²) in [6, 6.07) is 9.09. The van der Waals surface area contributed by atoms with Gasteiger partial charge in [0.25, 0.3) is 5.91 Å². The zero-order valence-corrected chi connectivity index (χ0v) is 16.2. The number of hydrogen-bond acceptors (Lipinski definition) is 4. The number of nitrogens with zero attached hydrogens (tertiary/aromatic N) is 4. The average molecular weight is 376 g/mol. The minimum atomic E-state index is -3.63. The quantitative estimate of drug-likeness (QED) is 0.815. The summed E-state index contributed by atoms with van der Waals surface area (Å²) in [5.41, 5.74) is 1.76. The second kappa shape index (κ2) is 7.20. The van der Waals surface area contributed by atoms with Crippen LogP contribution >= 0.6 is 0 Å². The Morgan fingerprint density at radius 1 is 1.04 bits per heavy atom. The van der Waals surface area contributed by atoms with Gasteiger partial charge in [-0.15, -0.1) is 0 Å². The van der Waals surface area contributed by atoms with Crippen molar-refractivity contribution >= 4 is 15.9 Å². The summed E-state index contributed by atoms with van der Waals surface area (Å²) in [6.45, 7) is 5.08. The van der Waals surface area contributed by atoms with E-state index in [-0.39, 0.29) is 17.3 Å². The third-order valence-corrected chi connectivity index (χ3v) is 6.96. The van der Waals surface area contributed by atoms with Crippen LogP contribution in [0.2, 0.25) is 0 Å². The van der Waals surface area contributed by atoms with Crippen molar-refractivity contribution in [2.75, 3.05) is 26.2 Å². The third-order valence-electron chi connectivity index (χ3n) is 4.80. The first-order valence-electron chi connectivity index (χ1n) is 8.67. The van der Waals surface area contributed by atoms with Crippen LogP contribution in [0.1, 0.15) is 28.2 Å². The standard InChI is InChI=1S/C18H24N4O3S/c1-14-17(15(2)20(3)19-14)26(24,25)22-11-7-10-21(12-13-22)18(23)16-8-5-4-6-9-16/h4-6,8-9H,7,10-13H2,1-3H3. The van der Waals surface area contributed by atoms with Crippen LogP contribution in [0, 0.1) is 13.8 Å². The van der Waals surface area contributed by atoms with E-state index in [0.717, 1.165) is 0 Å². The summed E-state index contributed by atoms with van der Waals surface area (Å²) in [7, 11) is -1.89. The molecule has 1 aromatic carbocycles. The van der Waals surface area contributed by atoms with Crippen molar-refractivity contribution in [1.29, 1.82) is 0 Å². The summed E-state index contributed by atoms with van der Waals surface area (Å²) in [6.07, 6.45) is 0.607. The molecule has 140 valence electrons. The maximum Gasteiger partial charge on any atom is 0.253 e. The van der Waals surface area contributed by atoms with Crippen LogP contribution in [0.3, 0.4) is 0 Å². The maximum atomic E-state index is 13.1. The van der Waals surface area contributed by atoms with Crippen molar-refractivity contribution in [1.82, 2.24) is 19.0 Å². The predicted octanol–water partition coefficient (Wildman–Crippen LogP) is 1.57. The Bertz CT molecular complexity index is 906. The molecule has 1 amide bonds.